The Labute approximate surface area is 118 Å². The van der Waals surface area contributed by atoms with Gasteiger partial charge in [-0.25, -0.2) is 0 Å². The predicted octanol–water partition coefficient (Wildman–Crippen LogP) is 3.16. The van der Waals surface area contributed by atoms with Crippen molar-refractivity contribution in [2.24, 2.45) is 0 Å². The van der Waals surface area contributed by atoms with Gasteiger partial charge >= 0.3 is 0 Å². The van der Waals surface area contributed by atoms with Gasteiger partial charge in [0.15, 0.2) is 0 Å². The number of nitrogens with zero attached hydrogens (tertiary/aromatic N) is 1. The van der Waals surface area contributed by atoms with Crippen molar-refractivity contribution >= 4 is 11.8 Å². The summed E-state index contributed by atoms with van der Waals surface area (Å²) in [4.78, 5) is 19.1. The van der Waals surface area contributed by atoms with Crippen LogP contribution in [0.5, 0.6) is 5.88 Å². The van der Waals surface area contributed by atoms with E-state index in [0.29, 0.717) is 17.1 Å². The Kier molecular flexibility index (Phi) is 4.23. The summed E-state index contributed by atoms with van der Waals surface area (Å²) in [5.74, 6) is 1.28. The molecule has 0 atom stereocenters. The maximum atomic E-state index is 12.1. The maximum absolute atomic E-state index is 12.1. The first-order valence-corrected chi connectivity index (χ1v) is 7.81. The Morgan fingerprint density at radius 3 is 2.53 bits per heavy atom. The average Bonchev–Trinajstić information content (AvgIpc) is 2.78. The molecule has 1 heterocycles. The number of H-pyrrole nitrogens is 1. The van der Waals surface area contributed by atoms with Gasteiger partial charge in [-0.15, -0.1) is 11.8 Å². The first kappa shape index (κ1) is 14.4. The summed E-state index contributed by atoms with van der Waals surface area (Å²) in [6.07, 6.45) is 4.22. The molecular weight excluding hydrogens is 260 g/mol. The van der Waals surface area contributed by atoms with E-state index in [1.54, 1.807) is 11.8 Å². The topological polar surface area (TPSA) is 66.0 Å². The van der Waals surface area contributed by atoms with Crippen LogP contribution in [-0.2, 0) is 5.75 Å². The first-order valence-electron chi connectivity index (χ1n) is 6.83. The molecular formula is C14H22N2O2S. The lowest BCUT2D eigenvalue weighted by Crippen LogP contribution is -2.19. The number of thioether (sulfide) groups is 1. The number of nitrogens with one attached hydrogen (secondary N) is 1. The van der Waals surface area contributed by atoms with E-state index in [-0.39, 0.29) is 22.1 Å². The van der Waals surface area contributed by atoms with Crippen molar-refractivity contribution in [1.29, 1.82) is 0 Å². The minimum atomic E-state index is -0.163. The molecule has 106 valence electrons. The SMILES string of the molecule is CC(C)(C)SCc1nc(O)c(C2CCCC2)c(=O)[nH]1. The molecule has 1 aromatic heterocycles. The summed E-state index contributed by atoms with van der Waals surface area (Å²) in [5.41, 5.74) is 0.325. The van der Waals surface area contributed by atoms with Crippen LogP contribution in [0.15, 0.2) is 4.79 Å². The fourth-order valence-electron chi connectivity index (χ4n) is 2.45. The van der Waals surface area contributed by atoms with E-state index in [9.17, 15) is 9.90 Å². The summed E-state index contributed by atoms with van der Waals surface area (Å²) in [6.45, 7) is 6.34. The third kappa shape index (κ3) is 3.75. The smallest absolute Gasteiger partial charge is 0.258 e. The highest BCUT2D eigenvalue weighted by molar-refractivity contribution is 7.99. The van der Waals surface area contributed by atoms with Crippen molar-refractivity contribution in [3.8, 4) is 5.88 Å². The van der Waals surface area contributed by atoms with Crippen molar-refractivity contribution in [3.05, 3.63) is 21.7 Å². The van der Waals surface area contributed by atoms with Crippen molar-refractivity contribution < 1.29 is 5.11 Å². The Balaban J connectivity index is 2.19. The van der Waals surface area contributed by atoms with E-state index in [1.165, 1.54) is 0 Å². The summed E-state index contributed by atoms with van der Waals surface area (Å²) < 4.78 is 0.109. The zero-order valence-corrected chi connectivity index (χ0v) is 12.6. The molecule has 1 aromatic rings. The molecule has 0 bridgehead atoms. The van der Waals surface area contributed by atoms with E-state index in [1.807, 2.05) is 0 Å². The zero-order chi connectivity index (χ0) is 14.0. The third-order valence-electron chi connectivity index (χ3n) is 3.39. The molecule has 0 unspecified atom stereocenters. The molecule has 0 amide bonds. The molecule has 2 rings (SSSR count). The van der Waals surface area contributed by atoms with Gasteiger partial charge in [0.05, 0.1) is 11.3 Å². The van der Waals surface area contributed by atoms with Gasteiger partial charge in [0.2, 0.25) is 5.88 Å². The van der Waals surface area contributed by atoms with Gasteiger partial charge in [0.1, 0.15) is 5.82 Å². The Morgan fingerprint density at radius 2 is 2.00 bits per heavy atom. The Morgan fingerprint density at radius 1 is 1.37 bits per heavy atom. The van der Waals surface area contributed by atoms with Gasteiger partial charge in [-0.2, -0.15) is 4.98 Å². The van der Waals surface area contributed by atoms with Crippen LogP contribution in [0.3, 0.4) is 0 Å². The largest absolute Gasteiger partial charge is 0.493 e. The van der Waals surface area contributed by atoms with E-state index < -0.39 is 0 Å². The van der Waals surface area contributed by atoms with Crippen LogP contribution in [0.1, 0.15) is 63.8 Å². The summed E-state index contributed by atoms with van der Waals surface area (Å²) in [5, 5.41) is 10.0. The molecule has 2 N–H and O–H groups in total. The van der Waals surface area contributed by atoms with E-state index >= 15 is 0 Å². The molecule has 0 radical (unpaired) electrons. The zero-order valence-electron chi connectivity index (χ0n) is 11.8. The van der Waals surface area contributed by atoms with Crippen LogP contribution < -0.4 is 5.56 Å². The average molecular weight is 282 g/mol. The number of aromatic amines is 1. The van der Waals surface area contributed by atoms with Crippen molar-refractivity contribution in [2.75, 3.05) is 0 Å². The Hall–Kier alpha value is -0.970. The quantitative estimate of drug-likeness (QED) is 0.893. The van der Waals surface area contributed by atoms with Crippen molar-refractivity contribution in [3.63, 3.8) is 0 Å². The van der Waals surface area contributed by atoms with Gasteiger partial charge in [0.25, 0.3) is 5.56 Å². The van der Waals surface area contributed by atoms with Crippen LogP contribution in [0.25, 0.3) is 0 Å². The van der Waals surface area contributed by atoms with E-state index in [4.69, 9.17) is 0 Å². The highest BCUT2D eigenvalue weighted by atomic mass is 32.2. The van der Waals surface area contributed by atoms with Gasteiger partial charge < -0.3 is 10.1 Å². The minimum absolute atomic E-state index is 0.0693. The van der Waals surface area contributed by atoms with Gasteiger partial charge in [-0.1, -0.05) is 33.6 Å². The second-order valence-electron chi connectivity index (χ2n) is 6.13. The fraction of sp³-hybridized carbons (Fsp3) is 0.714. The predicted molar refractivity (Wildman–Crippen MR) is 78.8 cm³/mol. The molecule has 0 spiro atoms. The number of hydrogen-bond acceptors (Lipinski definition) is 4. The number of aromatic hydroxyl groups is 1. The number of hydrogen-bond donors (Lipinski definition) is 2. The molecule has 0 saturated heterocycles. The minimum Gasteiger partial charge on any atom is -0.493 e. The molecule has 1 fully saturated rings. The van der Waals surface area contributed by atoms with Crippen LogP contribution in [0.2, 0.25) is 0 Å². The Bertz CT molecular complexity index is 499. The van der Waals surface area contributed by atoms with Crippen molar-refractivity contribution in [2.45, 2.75) is 62.9 Å². The molecule has 1 aliphatic rings. The highest BCUT2D eigenvalue weighted by Gasteiger charge is 2.24. The lowest BCUT2D eigenvalue weighted by atomic mass is 10.00. The first-order chi connectivity index (χ1) is 8.87. The van der Waals surface area contributed by atoms with E-state index in [0.717, 1.165) is 25.7 Å². The molecule has 0 aromatic carbocycles. The summed E-state index contributed by atoms with van der Waals surface area (Å²) in [6, 6.07) is 0. The number of aromatic nitrogens is 2. The normalized spacial score (nSPS) is 17.0. The van der Waals surface area contributed by atoms with Crippen molar-refractivity contribution in [1.82, 2.24) is 9.97 Å². The second kappa shape index (κ2) is 5.57. The fourth-order valence-corrected chi connectivity index (χ4v) is 3.16. The maximum Gasteiger partial charge on any atom is 0.258 e. The van der Waals surface area contributed by atoms with Gasteiger partial charge in [-0.05, 0) is 18.8 Å². The van der Waals surface area contributed by atoms with Crippen LogP contribution in [-0.4, -0.2) is 19.8 Å². The van der Waals surface area contributed by atoms with Crippen LogP contribution in [0.4, 0.5) is 0 Å². The number of rotatable bonds is 3. The third-order valence-corrected chi connectivity index (χ3v) is 4.67. The molecule has 1 aliphatic carbocycles. The molecule has 19 heavy (non-hydrogen) atoms. The lowest BCUT2D eigenvalue weighted by molar-refractivity contribution is 0.433. The standard InChI is InChI=1S/C14H22N2O2S/c1-14(2,3)19-8-10-15-12(17)11(13(18)16-10)9-6-4-5-7-9/h9H,4-8H2,1-3H3,(H2,15,16,17,18). The molecule has 1 saturated carbocycles. The molecule has 4 nitrogen and oxygen atoms in total. The molecule has 0 aliphatic heterocycles. The highest BCUT2D eigenvalue weighted by Crippen LogP contribution is 2.35. The lowest BCUT2D eigenvalue weighted by Gasteiger charge is -2.17. The van der Waals surface area contributed by atoms with Crippen LogP contribution in [0, 0.1) is 0 Å². The van der Waals surface area contributed by atoms with Crippen LogP contribution >= 0.6 is 11.8 Å². The summed E-state index contributed by atoms with van der Waals surface area (Å²) >= 11 is 1.70. The summed E-state index contributed by atoms with van der Waals surface area (Å²) in [7, 11) is 0. The second-order valence-corrected chi connectivity index (χ2v) is 7.93. The van der Waals surface area contributed by atoms with E-state index in [2.05, 4.69) is 30.7 Å². The molecule has 5 heteroatoms. The van der Waals surface area contributed by atoms with Gasteiger partial charge in [0, 0.05) is 4.75 Å². The monoisotopic (exact) mass is 282 g/mol. The van der Waals surface area contributed by atoms with Gasteiger partial charge in [-0.3, -0.25) is 4.79 Å².